The summed E-state index contributed by atoms with van der Waals surface area (Å²) in [5, 5.41) is 13.1. The SMILES string of the molecule is O=C(O)C1(n2c[c]cn2)CCCC1. The van der Waals surface area contributed by atoms with E-state index in [1.54, 1.807) is 6.20 Å². The number of aromatic nitrogens is 2. The maximum atomic E-state index is 11.1. The van der Waals surface area contributed by atoms with E-state index in [0.717, 1.165) is 12.8 Å². The van der Waals surface area contributed by atoms with Gasteiger partial charge in [-0.25, -0.2) is 4.79 Å². The van der Waals surface area contributed by atoms with Crippen molar-refractivity contribution in [2.45, 2.75) is 31.2 Å². The van der Waals surface area contributed by atoms with Crippen LogP contribution in [-0.2, 0) is 10.3 Å². The number of hydrogen-bond acceptors (Lipinski definition) is 2. The minimum atomic E-state index is -0.792. The zero-order chi connectivity index (χ0) is 9.31. The van der Waals surface area contributed by atoms with Crippen LogP contribution in [0.15, 0.2) is 12.4 Å². The molecule has 1 aromatic heterocycles. The van der Waals surface area contributed by atoms with E-state index in [-0.39, 0.29) is 0 Å². The number of carboxylic acid groups (broad SMARTS) is 1. The van der Waals surface area contributed by atoms with Crippen LogP contribution < -0.4 is 0 Å². The van der Waals surface area contributed by atoms with Crippen molar-refractivity contribution in [2.24, 2.45) is 0 Å². The molecule has 1 aliphatic carbocycles. The molecule has 0 saturated heterocycles. The Balaban J connectivity index is 2.39. The summed E-state index contributed by atoms with van der Waals surface area (Å²) in [5.41, 5.74) is -0.792. The predicted octanol–water partition coefficient (Wildman–Crippen LogP) is 1.04. The normalized spacial score (nSPS) is 20.3. The Kier molecular flexibility index (Phi) is 1.83. The maximum Gasteiger partial charge on any atom is 0.331 e. The quantitative estimate of drug-likeness (QED) is 0.737. The van der Waals surface area contributed by atoms with Crippen LogP contribution in [0.4, 0.5) is 0 Å². The molecular weight excluding hydrogens is 168 g/mol. The van der Waals surface area contributed by atoms with Crippen LogP contribution in [0.3, 0.4) is 0 Å². The van der Waals surface area contributed by atoms with E-state index in [1.165, 1.54) is 10.9 Å². The molecule has 0 unspecified atom stereocenters. The number of nitrogens with zero attached hydrogens (tertiary/aromatic N) is 2. The fraction of sp³-hybridized carbons (Fsp3) is 0.556. The van der Waals surface area contributed by atoms with Crippen LogP contribution in [0.25, 0.3) is 0 Å². The Labute approximate surface area is 76.2 Å². The first-order chi connectivity index (χ1) is 6.26. The highest BCUT2D eigenvalue weighted by Gasteiger charge is 2.43. The van der Waals surface area contributed by atoms with E-state index in [2.05, 4.69) is 11.2 Å². The molecule has 0 aliphatic heterocycles. The summed E-state index contributed by atoms with van der Waals surface area (Å²) in [5.74, 6) is -0.776. The van der Waals surface area contributed by atoms with Gasteiger partial charge in [-0.3, -0.25) is 4.68 Å². The average molecular weight is 179 g/mol. The maximum absolute atomic E-state index is 11.1. The average Bonchev–Trinajstić information content (AvgIpc) is 2.75. The van der Waals surface area contributed by atoms with Crippen molar-refractivity contribution in [1.29, 1.82) is 0 Å². The molecule has 1 aromatic rings. The van der Waals surface area contributed by atoms with Gasteiger partial charge in [0.2, 0.25) is 0 Å². The molecule has 1 N–H and O–H groups in total. The van der Waals surface area contributed by atoms with Crippen LogP contribution in [0.2, 0.25) is 0 Å². The lowest BCUT2D eigenvalue weighted by Gasteiger charge is -2.23. The van der Waals surface area contributed by atoms with Gasteiger partial charge in [-0.2, -0.15) is 5.10 Å². The first-order valence-electron chi connectivity index (χ1n) is 4.40. The number of carboxylic acids is 1. The van der Waals surface area contributed by atoms with Crippen molar-refractivity contribution < 1.29 is 9.90 Å². The molecule has 1 radical (unpaired) electrons. The predicted molar refractivity (Wildman–Crippen MR) is 45.1 cm³/mol. The molecule has 1 aliphatic rings. The van der Waals surface area contributed by atoms with Crippen LogP contribution in [-0.4, -0.2) is 20.9 Å². The van der Waals surface area contributed by atoms with Crippen molar-refractivity contribution in [3.63, 3.8) is 0 Å². The van der Waals surface area contributed by atoms with E-state index >= 15 is 0 Å². The second-order valence-corrected chi connectivity index (χ2v) is 3.43. The Morgan fingerprint density at radius 3 is 2.69 bits per heavy atom. The zero-order valence-electron chi connectivity index (χ0n) is 7.23. The van der Waals surface area contributed by atoms with Gasteiger partial charge in [0.1, 0.15) is 0 Å². The summed E-state index contributed by atoms with van der Waals surface area (Å²) < 4.78 is 1.53. The van der Waals surface area contributed by atoms with Gasteiger partial charge in [0.15, 0.2) is 5.54 Å². The summed E-state index contributed by atoms with van der Waals surface area (Å²) in [7, 11) is 0. The molecule has 1 saturated carbocycles. The molecule has 13 heavy (non-hydrogen) atoms. The van der Waals surface area contributed by atoms with Crippen LogP contribution in [0.1, 0.15) is 25.7 Å². The lowest BCUT2D eigenvalue weighted by molar-refractivity contribution is -0.147. The first kappa shape index (κ1) is 8.29. The lowest BCUT2D eigenvalue weighted by Crippen LogP contribution is -2.39. The topological polar surface area (TPSA) is 55.1 Å². The standard InChI is InChI=1S/C9H11N2O2/c12-8(13)9(4-1-2-5-9)11-7-3-6-10-11/h6-7H,1-2,4-5H2,(H,12,13). The summed E-state index contributed by atoms with van der Waals surface area (Å²) in [6.45, 7) is 0. The smallest absolute Gasteiger partial charge is 0.331 e. The highest BCUT2D eigenvalue weighted by molar-refractivity contribution is 5.76. The minimum absolute atomic E-state index is 0.678. The molecule has 0 bridgehead atoms. The van der Waals surface area contributed by atoms with Gasteiger partial charge in [0, 0.05) is 12.3 Å². The van der Waals surface area contributed by atoms with E-state index in [4.69, 9.17) is 5.11 Å². The number of aliphatic carboxylic acids is 1. The summed E-state index contributed by atoms with van der Waals surface area (Å²) >= 11 is 0. The van der Waals surface area contributed by atoms with Crippen molar-refractivity contribution in [3.05, 3.63) is 18.5 Å². The monoisotopic (exact) mass is 179 g/mol. The minimum Gasteiger partial charge on any atom is -0.479 e. The molecule has 2 rings (SSSR count). The largest absolute Gasteiger partial charge is 0.479 e. The summed E-state index contributed by atoms with van der Waals surface area (Å²) in [6.07, 6.45) is 6.40. The summed E-state index contributed by atoms with van der Waals surface area (Å²) in [6, 6.07) is 2.77. The van der Waals surface area contributed by atoms with Crippen molar-refractivity contribution in [3.8, 4) is 0 Å². The molecular formula is C9H11N2O2. The van der Waals surface area contributed by atoms with Gasteiger partial charge < -0.3 is 5.11 Å². The third kappa shape index (κ3) is 1.13. The van der Waals surface area contributed by atoms with Gasteiger partial charge in [0.05, 0.1) is 6.20 Å². The van der Waals surface area contributed by atoms with Gasteiger partial charge in [-0.15, -0.1) is 0 Å². The Hall–Kier alpha value is -1.32. The molecule has 1 fully saturated rings. The van der Waals surface area contributed by atoms with Crippen LogP contribution >= 0.6 is 0 Å². The first-order valence-corrected chi connectivity index (χ1v) is 4.40. The fourth-order valence-electron chi connectivity index (χ4n) is 1.97. The molecule has 4 nitrogen and oxygen atoms in total. The van der Waals surface area contributed by atoms with Crippen LogP contribution in [0.5, 0.6) is 0 Å². The van der Waals surface area contributed by atoms with E-state index in [9.17, 15) is 4.79 Å². The lowest BCUT2D eigenvalue weighted by atomic mass is 9.98. The zero-order valence-corrected chi connectivity index (χ0v) is 7.23. The Morgan fingerprint density at radius 2 is 2.23 bits per heavy atom. The third-order valence-corrected chi connectivity index (χ3v) is 2.72. The second-order valence-electron chi connectivity index (χ2n) is 3.43. The molecule has 0 aromatic carbocycles. The van der Waals surface area contributed by atoms with Crippen molar-refractivity contribution in [1.82, 2.24) is 9.78 Å². The molecule has 0 spiro atoms. The van der Waals surface area contributed by atoms with Gasteiger partial charge in [-0.1, -0.05) is 12.8 Å². The highest BCUT2D eigenvalue weighted by atomic mass is 16.4. The number of rotatable bonds is 2. The second kappa shape index (κ2) is 2.87. The molecule has 69 valence electrons. The number of carbonyl (C=O) groups is 1. The highest BCUT2D eigenvalue weighted by Crippen LogP contribution is 2.36. The van der Waals surface area contributed by atoms with Crippen molar-refractivity contribution >= 4 is 5.97 Å². The van der Waals surface area contributed by atoms with E-state index < -0.39 is 11.5 Å². The van der Waals surface area contributed by atoms with Crippen LogP contribution in [0, 0.1) is 6.07 Å². The third-order valence-electron chi connectivity index (χ3n) is 2.72. The van der Waals surface area contributed by atoms with E-state index in [0.29, 0.717) is 12.8 Å². The van der Waals surface area contributed by atoms with Gasteiger partial charge >= 0.3 is 5.97 Å². The number of hydrogen-bond donors (Lipinski definition) is 1. The van der Waals surface area contributed by atoms with Gasteiger partial charge in [0.25, 0.3) is 0 Å². The van der Waals surface area contributed by atoms with Crippen molar-refractivity contribution in [2.75, 3.05) is 0 Å². The molecule has 0 amide bonds. The van der Waals surface area contributed by atoms with E-state index in [1.807, 2.05) is 0 Å². The Bertz CT molecular complexity index is 299. The molecule has 0 atom stereocenters. The molecule has 4 heteroatoms. The summed E-state index contributed by atoms with van der Waals surface area (Å²) in [4.78, 5) is 11.1. The Morgan fingerprint density at radius 1 is 1.54 bits per heavy atom. The molecule has 1 heterocycles. The fourth-order valence-corrected chi connectivity index (χ4v) is 1.97. The van der Waals surface area contributed by atoms with Gasteiger partial charge in [-0.05, 0) is 12.8 Å².